The van der Waals surface area contributed by atoms with Crippen molar-refractivity contribution in [2.75, 3.05) is 0 Å². The van der Waals surface area contributed by atoms with Crippen molar-refractivity contribution in [1.29, 1.82) is 0 Å². The monoisotopic (exact) mass is 1380 g/mol. The largest absolute Gasteiger partial charge is 0.456 e. The summed E-state index contributed by atoms with van der Waals surface area (Å²) in [5, 5.41) is 12.1. The number of halogens is 3. The summed E-state index contributed by atoms with van der Waals surface area (Å²) in [6, 6.07) is 95.2. The highest BCUT2D eigenvalue weighted by atomic mass is 35.5. The van der Waals surface area contributed by atoms with Crippen LogP contribution < -0.4 is 0 Å². The van der Waals surface area contributed by atoms with Crippen molar-refractivity contribution < 1.29 is 8.83 Å². The molecule has 15 heteroatoms. The van der Waals surface area contributed by atoms with Gasteiger partial charge in [0.1, 0.15) is 22.3 Å². The highest BCUT2D eigenvalue weighted by Gasteiger charge is 2.35. The Morgan fingerprint density at radius 2 is 0.644 bits per heavy atom. The molecular weight excluding hydrogens is 1330 g/mol. The Bertz CT molecular complexity index is 6510. The Balaban J connectivity index is 0.000000109. The number of benzene rings is 13. The number of hydrogen-bond acceptors (Lipinski definition) is 12. The number of fused-ring (bicyclic) bond motifs is 15. The second kappa shape index (κ2) is 25.1. The van der Waals surface area contributed by atoms with Crippen LogP contribution in [-0.2, 0) is 5.41 Å². The molecule has 11 nitrogen and oxygen atoms in total. The fourth-order valence-electron chi connectivity index (χ4n) is 13.9. The van der Waals surface area contributed by atoms with Gasteiger partial charge in [-0.1, -0.05) is 232 Å². The van der Waals surface area contributed by atoms with Crippen molar-refractivity contribution in [1.82, 2.24) is 44.9 Å². The van der Waals surface area contributed by atoms with Crippen LogP contribution in [0.1, 0.15) is 25.0 Å². The Labute approximate surface area is 597 Å². The van der Waals surface area contributed by atoms with Gasteiger partial charge in [0.05, 0.1) is 0 Å². The molecular formula is C86H52Cl3N9O2S. The number of nitrogens with zero attached hydrogens (tertiary/aromatic N) is 9. The van der Waals surface area contributed by atoms with E-state index in [4.69, 9.17) is 53.6 Å². The zero-order valence-electron chi connectivity index (χ0n) is 53.9. The van der Waals surface area contributed by atoms with E-state index in [9.17, 15) is 0 Å². The molecule has 0 bridgehead atoms. The lowest BCUT2D eigenvalue weighted by molar-refractivity contribution is 0.660. The zero-order valence-corrected chi connectivity index (χ0v) is 57.0. The van der Waals surface area contributed by atoms with Gasteiger partial charge in [-0.15, -0.1) is 11.3 Å². The van der Waals surface area contributed by atoms with Crippen molar-refractivity contribution in [2.24, 2.45) is 0 Å². The van der Waals surface area contributed by atoms with E-state index in [-0.39, 0.29) is 21.3 Å². The summed E-state index contributed by atoms with van der Waals surface area (Å²) >= 11 is 20.8. The van der Waals surface area contributed by atoms with Gasteiger partial charge in [0.25, 0.3) is 0 Å². The molecule has 480 valence electrons. The van der Waals surface area contributed by atoms with Crippen LogP contribution in [0.2, 0.25) is 15.9 Å². The van der Waals surface area contributed by atoms with Gasteiger partial charge in [-0.2, -0.15) is 29.9 Å². The molecule has 0 atom stereocenters. The molecule has 0 radical (unpaired) electrons. The molecule has 0 unspecified atom stereocenters. The van der Waals surface area contributed by atoms with Gasteiger partial charge < -0.3 is 8.83 Å². The summed E-state index contributed by atoms with van der Waals surface area (Å²) in [6.07, 6.45) is 0. The number of para-hydroxylation sites is 2. The minimum absolute atomic E-state index is 0.103. The van der Waals surface area contributed by atoms with E-state index >= 15 is 0 Å². The maximum absolute atomic E-state index is 6.39. The smallest absolute Gasteiger partial charge is 0.226 e. The predicted molar refractivity (Wildman–Crippen MR) is 413 cm³/mol. The van der Waals surface area contributed by atoms with E-state index in [2.05, 4.69) is 225 Å². The van der Waals surface area contributed by atoms with Crippen molar-refractivity contribution >= 4 is 132 Å². The molecule has 0 saturated carbocycles. The minimum Gasteiger partial charge on any atom is -0.456 e. The Morgan fingerprint density at radius 1 is 0.257 bits per heavy atom. The van der Waals surface area contributed by atoms with E-state index in [1.807, 2.05) is 103 Å². The highest BCUT2D eigenvalue weighted by Crippen LogP contribution is 2.50. The van der Waals surface area contributed by atoms with Crippen LogP contribution in [-0.4, -0.2) is 44.9 Å². The lowest BCUT2D eigenvalue weighted by Crippen LogP contribution is -2.15. The van der Waals surface area contributed by atoms with Crippen LogP contribution in [0.15, 0.2) is 288 Å². The van der Waals surface area contributed by atoms with Gasteiger partial charge in [0.15, 0.2) is 34.9 Å². The number of thiophene rings is 1. The summed E-state index contributed by atoms with van der Waals surface area (Å²) in [7, 11) is 0. The van der Waals surface area contributed by atoms with Crippen LogP contribution in [0.5, 0.6) is 0 Å². The highest BCUT2D eigenvalue weighted by molar-refractivity contribution is 7.25. The molecule has 1 aliphatic carbocycles. The molecule has 0 fully saturated rings. The van der Waals surface area contributed by atoms with E-state index in [1.54, 1.807) is 11.3 Å². The molecule has 101 heavy (non-hydrogen) atoms. The molecule has 1 aliphatic rings. The molecule has 13 aromatic carbocycles. The lowest BCUT2D eigenvalue weighted by atomic mass is 9.82. The van der Waals surface area contributed by atoms with Crippen molar-refractivity contribution in [3.8, 4) is 90.6 Å². The Hall–Kier alpha value is -11.9. The van der Waals surface area contributed by atoms with Crippen LogP contribution in [0.25, 0.3) is 176 Å². The Morgan fingerprint density at radius 3 is 1.26 bits per heavy atom. The molecule has 0 amide bonds. The average Bonchev–Trinajstić information content (AvgIpc) is 1.60. The molecule has 6 aromatic heterocycles. The SMILES string of the molecule is CC1(C)c2ccccc2-c2ccc(-c3nc(Cl)nc(-c4ccc5c(c4)oc4ccccc45)n3)cc21.Clc1nc(-c2ccc(-c3ccccc3)cc2)nc(-c2ccc3c(c2)oc2ccccc23)n1.Clc1nc(-c2ccc3c(ccc4ccccc43)c2)nc(-c2ccc3c(c2)sc2ccccc23)n1. The maximum Gasteiger partial charge on any atom is 0.226 e. The van der Waals surface area contributed by atoms with E-state index in [0.29, 0.717) is 34.9 Å². The summed E-state index contributed by atoms with van der Waals surface area (Å²) in [4.78, 5) is 40.8. The van der Waals surface area contributed by atoms with Crippen molar-refractivity contribution in [2.45, 2.75) is 19.3 Å². The van der Waals surface area contributed by atoms with Crippen LogP contribution in [0.4, 0.5) is 0 Å². The summed E-state index contributed by atoms with van der Waals surface area (Å²) in [5.74, 6) is 3.26. The second-order valence-electron chi connectivity index (χ2n) is 25.3. The normalized spacial score (nSPS) is 12.3. The third-order valence-corrected chi connectivity index (χ3v) is 20.5. The molecule has 0 N–H and O–H groups in total. The Kier molecular flexibility index (Phi) is 15.3. The quantitative estimate of drug-likeness (QED) is 0.141. The first-order chi connectivity index (χ1) is 49.5. The molecule has 0 spiro atoms. The average molecular weight is 1380 g/mol. The van der Waals surface area contributed by atoms with E-state index < -0.39 is 0 Å². The van der Waals surface area contributed by atoms with Crippen LogP contribution in [0, 0.1) is 0 Å². The zero-order chi connectivity index (χ0) is 67.9. The summed E-state index contributed by atoms with van der Waals surface area (Å²) in [5.41, 5.74) is 15.9. The topological polar surface area (TPSA) is 142 Å². The standard InChI is InChI=1S/C30H20ClN3O.C29H16ClN3S.C27H16ClN3O/c1-30(2)23-9-5-3-7-19(23)20-13-11-17(15-24(20)30)27-32-28(34-29(31)33-27)18-12-14-22-21-8-4-6-10-25(21)35-26(22)16-18;30-29-32-27(19-11-13-22-18(15-19)10-9-17-5-1-2-6-21(17)22)31-28(33-29)20-12-14-24-23-7-3-4-8-25(23)34-26(24)16-20;28-27-30-25(19-12-10-18(11-13-19)17-6-2-1-3-7-17)29-26(31-27)20-14-15-22-21-8-4-5-9-23(21)32-24(22)16-20/h3-16H,1-2H3;1-16H;1-16H. The molecule has 0 saturated heterocycles. The third kappa shape index (κ3) is 11.4. The van der Waals surface area contributed by atoms with Gasteiger partial charge >= 0.3 is 0 Å². The number of hydrogen-bond donors (Lipinski definition) is 0. The number of furan rings is 2. The first-order valence-corrected chi connectivity index (χ1v) is 34.7. The van der Waals surface area contributed by atoms with E-state index in [0.717, 1.165) is 93.8 Å². The lowest BCUT2D eigenvalue weighted by Gasteiger charge is -2.21. The number of rotatable bonds is 7. The summed E-state index contributed by atoms with van der Waals surface area (Å²) in [6.45, 7) is 4.52. The predicted octanol–water partition coefficient (Wildman–Crippen LogP) is 24.0. The molecule has 20 rings (SSSR count). The molecule has 0 aliphatic heterocycles. The van der Waals surface area contributed by atoms with Crippen LogP contribution in [0.3, 0.4) is 0 Å². The molecule has 19 aromatic rings. The first kappa shape index (κ1) is 61.4. The van der Waals surface area contributed by atoms with Crippen molar-refractivity contribution in [3.63, 3.8) is 0 Å². The van der Waals surface area contributed by atoms with Gasteiger partial charge in [-0.05, 0) is 150 Å². The second-order valence-corrected chi connectivity index (χ2v) is 27.4. The fraction of sp³-hybridized carbons (Fsp3) is 0.0349. The van der Waals surface area contributed by atoms with Gasteiger partial charge in [-0.25, -0.2) is 15.0 Å². The van der Waals surface area contributed by atoms with Gasteiger partial charge in [0, 0.05) is 80.5 Å². The van der Waals surface area contributed by atoms with Gasteiger partial charge in [-0.3, -0.25) is 0 Å². The minimum atomic E-state index is -0.103. The molecule has 6 heterocycles. The number of aromatic nitrogens is 9. The van der Waals surface area contributed by atoms with Gasteiger partial charge in [0.2, 0.25) is 15.9 Å². The van der Waals surface area contributed by atoms with E-state index in [1.165, 1.54) is 58.6 Å². The fourth-order valence-corrected chi connectivity index (χ4v) is 15.5. The maximum atomic E-state index is 6.39. The van der Waals surface area contributed by atoms with Crippen molar-refractivity contribution in [3.05, 3.63) is 306 Å². The summed E-state index contributed by atoms with van der Waals surface area (Å²) < 4.78 is 14.5. The van der Waals surface area contributed by atoms with Crippen LogP contribution >= 0.6 is 46.1 Å². The first-order valence-electron chi connectivity index (χ1n) is 32.8. The third-order valence-electron chi connectivity index (χ3n) is 18.8.